The summed E-state index contributed by atoms with van der Waals surface area (Å²) in [6.07, 6.45) is 0.200. The monoisotopic (exact) mass is 535 g/mol. The lowest BCUT2D eigenvalue weighted by Crippen LogP contribution is -2.54. The van der Waals surface area contributed by atoms with Gasteiger partial charge in [-0.15, -0.1) is 0 Å². The molecule has 0 spiro atoms. The number of carbonyl (C=O) groups excluding carboxylic acids is 1. The molecule has 1 amide bonds. The molecule has 0 aromatic heterocycles. The SMILES string of the molecule is Cc1cc(S(N)(=O)=O)ccc1O[C@H]1c2cc(Cl)cc(C)c2CC1N1CCN(C(=O)OC(C)(C)C)CC1. The molecule has 10 heteroatoms. The second-order valence-corrected chi connectivity index (χ2v) is 12.6. The predicted octanol–water partition coefficient (Wildman–Crippen LogP) is 4.20. The van der Waals surface area contributed by atoms with Crippen molar-refractivity contribution in [1.82, 2.24) is 9.80 Å². The van der Waals surface area contributed by atoms with Crippen LogP contribution in [0.1, 0.15) is 49.1 Å². The van der Waals surface area contributed by atoms with Gasteiger partial charge in [-0.25, -0.2) is 18.4 Å². The fraction of sp³-hybridized carbons (Fsp3) is 0.500. The minimum Gasteiger partial charge on any atom is -0.484 e. The Morgan fingerprint density at radius 1 is 1.06 bits per heavy atom. The molecule has 1 aliphatic heterocycles. The maximum absolute atomic E-state index is 12.5. The summed E-state index contributed by atoms with van der Waals surface area (Å²) in [5.41, 5.74) is 3.51. The molecule has 2 aromatic rings. The van der Waals surface area contributed by atoms with Gasteiger partial charge in [-0.1, -0.05) is 11.6 Å². The maximum Gasteiger partial charge on any atom is 0.410 e. The highest BCUT2D eigenvalue weighted by molar-refractivity contribution is 7.89. The van der Waals surface area contributed by atoms with E-state index in [-0.39, 0.29) is 23.1 Å². The third kappa shape index (κ3) is 5.80. The zero-order valence-electron chi connectivity index (χ0n) is 21.4. The topological polar surface area (TPSA) is 102 Å². The number of sulfonamides is 1. The first-order chi connectivity index (χ1) is 16.7. The maximum atomic E-state index is 12.5. The van der Waals surface area contributed by atoms with Crippen molar-refractivity contribution in [3.05, 3.63) is 57.6 Å². The van der Waals surface area contributed by atoms with E-state index in [1.54, 1.807) is 17.9 Å². The average Bonchev–Trinajstić information content (AvgIpc) is 3.12. The van der Waals surface area contributed by atoms with E-state index in [4.69, 9.17) is 26.2 Å². The van der Waals surface area contributed by atoms with Crippen LogP contribution in [-0.4, -0.2) is 62.1 Å². The van der Waals surface area contributed by atoms with E-state index in [1.165, 1.54) is 17.7 Å². The lowest BCUT2D eigenvalue weighted by molar-refractivity contribution is 0.00133. The molecule has 0 radical (unpaired) electrons. The summed E-state index contributed by atoms with van der Waals surface area (Å²) in [5.74, 6) is 0.593. The molecule has 2 aromatic carbocycles. The van der Waals surface area contributed by atoms with Crippen molar-refractivity contribution in [2.75, 3.05) is 26.2 Å². The zero-order chi connectivity index (χ0) is 26.4. The molecule has 0 saturated carbocycles. The van der Waals surface area contributed by atoms with Gasteiger partial charge in [0.15, 0.2) is 0 Å². The number of amides is 1. The molecule has 2 N–H and O–H groups in total. The van der Waals surface area contributed by atoms with Crippen molar-refractivity contribution >= 4 is 27.7 Å². The van der Waals surface area contributed by atoms with Gasteiger partial charge >= 0.3 is 6.09 Å². The fourth-order valence-electron chi connectivity index (χ4n) is 4.95. The standard InChI is InChI=1S/C26H34ClN3O5S/c1-16-12-18(27)14-21-20(16)15-22(29-8-10-30(11-9-29)25(31)35-26(3,4)5)24(21)34-23-7-6-19(13-17(23)2)36(28,32)33/h6-7,12-14,22,24H,8-11,15H2,1-5H3,(H2,28,32,33)/t22?,24-/m0/s1. The lowest BCUT2D eigenvalue weighted by atomic mass is 10.0. The van der Waals surface area contributed by atoms with Crippen molar-refractivity contribution < 1.29 is 22.7 Å². The quantitative estimate of drug-likeness (QED) is 0.629. The summed E-state index contributed by atoms with van der Waals surface area (Å²) in [6.45, 7) is 12.0. The van der Waals surface area contributed by atoms with E-state index >= 15 is 0 Å². The number of hydrogen-bond donors (Lipinski definition) is 1. The number of carbonyl (C=O) groups is 1. The summed E-state index contributed by atoms with van der Waals surface area (Å²) in [6, 6.07) is 8.60. The number of fused-ring (bicyclic) bond motifs is 1. The van der Waals surface area contributed by atoms with Crippen molar-refractivity contribution in [3.63, 3.8) is 0 Å². The van der Waals surface area contributed by atoms with Gasteiger partial charge in [0.1, 0.15) is 17.5 Å². The summed E-state index contributed by atoms with van der Waals surface area (Å²) in [7, 11) is -3.80. The van der Waals surface area contributed by atoms with Crippen LogP contribution in [0.3, 0.4) is 0 Å². The average molecular weight is 536 g/mol. The minimum absolute atomic E-state index is 0.0373. The van der Waals surface area contributed by atoms with Crippen LogP contribution < -0.4 is 9.88 Å². The van der Waals surface area contributed by atoms with Crippen LogP contribution in [0.2, 0.25) is 5.02 Å². The molecule has 8 nitrogen and oxygen atoms in total. The predicted molar refractivity (Wildman–Crippen MR) is 139 cm³/mol. The van der Waals surface area contributed by atoms with Gasteiger partial charge < -0.3 is 14.4 Å². The molecular weight excluding hydrogens is 502 g/mol. The minimum atomic E-state index is -3.80. The first kappa shape index (κ1) is 26.7. The largest absolute Gasteiger partial charge is 0.484 e. The van der Waals surface area contributed by atoms with Crippen molar-refractivity contribution in [1.29, 1.82) is 0 Å². The highest BCUT2D eigenvalue weighted by atomic mass is 35.5. The summed E-state index contributed by atoms with van der Waals surface area (Å²) < 4.78 is 35.7. The van der Waals surface area contributed by atoms with Gasteiger partial charge in [0, 0.05) is 31.2 Å². The van der Waals surface area contributed by atoms with E-state index in [0.717, 1.165) is 17.5 Å². The van der Waals surface area contributed by atoms with Gasteiger partial charge in [0.05, 0.1) is 10.9 Å². The van der Waals surface area contributed by atoms with Crippen LogP contribution in [-0.2, 0) is 21.2 Å². The Labute approximate surface area is 218 Å². The summed E-state index contributed by atoms with van der Waals surface area (Å²) >= 11 is 6.43. The van der Waals surface area contributed by atoms with Crippen molar-refractivity contribution in [2.45, 2.75) is 63.7 Å². The molecule has 2 atom stereocenters. The van der Waals surface area contributed by atoms with E-state index in [2.05, 4.69) is 11.8 Å². The molecule has 1 aliphatic carbocycles. The Hall–Kier alpha value is -2.33. The van der Waals surface area contributed by atoms with Crippen LogP contribution in [0, 0.1) is 13.8 Å². The van der Waals surface area contributed by atoms with E-state index in [1.807, 2.05) is 32.9 Å². The van der Waals surface area contributed by atoms with Crippen LogP contribution in [0.5, 0.6) is 5.75 Å². The molecule has 36 heavy (non-hydrogen) atoms. The zero-order valence-corrected chi connectivity index (χ0v) is 22.9. The first-order valence-corrected chi connectivity index (χ1v) is 14.0. The Bertz CT molecular complexity index is 1270. The third-order valence-corrected chi connectivity index (χ3v) is 7.83. The van der Waals surface area contributed by atoms with Crippen molar-refractivity contribution in [2.24, 2.45) is 5.14 Å². The Morgan fingerprint density at radius 3 is 2.31 bits per heavy atom. The first-order valence-electron chi connectivity index (χ1n) is 12.0. The van der Waals surface area contributed by atoms with Gasteiger partial charge in [-0.05, 0) is 93.6 Å². The van der Waals surface area contributed by atoms with Gasteiger partial charge in [-0.3, -0.25) is 4.90 Å². The Balaban J connectivity index is 1.58. The molecule has 4 rings (SSSR count). The number of aryl methyl sites for hydroxylation is 2. The van der Waals surface area contributed by atoms with Crippen LogP contribution in [0.25, 0.3) is 0 Å². The van der Waals surface area contributed by atoms with E-state index in [9.17, 15) is 13.2 Å². The molecule has 1 unspecified atom stereocenters. The Kier molecular flexibility index (Phi) is 7.31. The number of rotatable bonds is 4. The summed E-state index contributed by atoms with van der Waals surface area (Å²) in [5, 5.41) is 5.94. The fourth-order valence-corrected chi connectivity index (χ4v) is 5.83. The van der Waals surface area contributed by atoms with Crippen molar-refractivity contribution in [3.8, 4) is 5.75 Å². The van der Waals surface area contributed by atoms with Gasteiger partial charge in [-0.2, -0.15) is 0 Å². The third-order valence-electron chi connectivity index (χ3n) is 6.71. The molecule has 196 valence electrons. The molecule has 1 heterocycles. The van der Waals surface area contributed by atoms with Gasteiger partial charge in [0.25, 0.3) is 0 Å². The molecule has 1 saturated heterocycles. The van der Waals surface area contributed by atoms with Gasteiger partial charge in [0.2, 0.25) is 10.0 Å². The Morgan fingerprint density at radius 2 is 1.72 bits per heavy atom. The number of hydrogen-bond acceptors (Lipinski definition) is 6. The van der Waals surface area contributed by atoms with E-state index < -0.39 is 15.6 Å². The number of ether oxygens (including phenoxy) is 2. The number of piperazine rings is 1. The lowest BCUT2D eigenvalue weighted by Gasteiger charge is -2.40. The molecule has 2 aliphatic rings. The smallest absolute Gasteiger partial charge is 0.410 e. The van der Waals surface area contributed by atoms with Crippen LogP contribution >= 0.6 is 11.6 Å². The molecular formula is C26H34ClN3O5S. The second kappa shape index (κ2) is 9.85. The number of halogens is 1. The summed E-state index contributed by atoms with van der Waals surface area (Å²) in [4.78, 5) is 16.7. The number of nitrogens with zero attached hydrogens (tertiary/aromatic N) is 2. The van der Waals surface area contributed by atoms with Crippen LogP contribution in [0.4, 0.5) is 4.79 Å². The highest BCUT2D eigenvalue weighted by Gasteiger charge is 2.41. The second-order valence-electron chi connectivity index (χ2n) is 10.6. The highest BCUT2D eigenvalue weighted by Crippen LogP contribution is 2.42. The number of benzene rings is 2. The van der Waals surface area contributed by atoms with Crippen LogP contribution in [0.15, 0.2) is 35.2 Å². The molecule has 1 fully saturated rings. The van der Waals surface area contributed by atoms with E-state index in [0.29, 0.717) is 42.5 Å². The molecule has 0 bridgehead atoms. The number of nitrogens with two attached hydrogens (primary N) is 1. The number of primary sulfonamides is 1. The normalized spacial score (nSPS) is 20.8.